The van der Waals surface area contributed by atoms with E-state index in [0.29, 0.717) is 23.0 Å². The number of benzene rings is 4. The number of anilines is 1. The van der Waals surface area contributed by atoms with Gasteiger partial charge in [-0.15, -0.1) is 0 Å². The summed E-state index contributed by atoms with van der Waals surface area (Å²) in [7, 11) is 0. The molecule has 182 valence electrons. The lowest BCUT2D eigenvalue weighted by atomic mass is 9.91. The standard InChI is InChI=1S/C29H23N5O3/c1-19-26(28(35)36-18-20-14-16-23(17-15-20)37-22-10-3-2-4-11-22)27(34-29(30-19)31-32-33-34)25-13-7-9-21-8-5-6-12-24(21)25/h2-17,27H,18H2,1H3,(H,30,31,33). The first-order chi connectivity index (χ1) is 18.2. The van der Waals surface area contributed by atoms with Crippen LogP contribution in [0.15, 0.2) is 108 Å². The molecule has 1 aromatic heterocycles. The summed E-state index contributed by atoms with van der Waals surface area (Å²) in [6.45, 7) is 1.95. The van der Waals surface area contributed by atoms with Crippen molar-refractivity contribution in [1.82, 2.24) is 20.2 Å². The number of hydrogen-bond acceptors (Lipinski definition) is 7. The number of carbonyl (C=O) groups is 1. The predicted octanol–water partition coefficient (Wildman–Crippen LogP) is 5.65. The maximum absolute atomic E-state index is 13.5. The van der Waals surface area contributed by atoms with Crippen molar-refractivity contribution in [2.24, 2.45) is 0 Å². The number of nitrogens with one attached hydrogen (secondary N) is 1. The summed E-state index contributed by atoms with van der Waals surface area (Å²) < 4.78 is 13.3. The first-order valence-corrected chi connectivity index (χ1v) is 11.9. The molecule has 0 fully saturated rings. The molecule has 0 radical (unpaired) electrons. The van der Waals surface area contributed by atoms with Crippen LogP contribution in [-0.4, -0.2) is 26.2 Å². The summed E-state index contributed by atoms with van der Waals surface area (Å²) in [6.07, 6.45) is 0. The average molecular weight is 490 g/mol. The van der Waals surface area contributed by atoms with Gasteiger partial charge in [-0.3, -0.25) is 0 Å². The monoisotopic (exact) mass is 489 g/mol. The van der Waals surface area contributed by atoms with E-state index in [1.165, 1.54) is 0 Å². The van der Waals surface area contributed by atoms with Crippen molar-refractivity contribution in [2.75, 3.05) is 5.32 Å². The van der Waals surface area contributed by atoms with Crippen LogP contribution in [0, 0.1) is 0 Å². The number of rotatable bonds is 6. The highest BCUT2D eigenvalue weighted by Crippen LogP contribution is 2.38. The Morgan fingerprint density at radius 3 is 2.46 bits per heavy atom. The van der Waals surface area contributed by atoms with Crippen molar-refractivity contribution in [1.29, 1.82) is 0 Å². The van der Waals surface area contributed by atoms with E-state index < -0.39 is 12.0 Å². The second-order valence-corrected chi connectivity index (χ2v) is 8.72. The fraction of sp³-hybridized carbons (Fsp3) is 0.103. The second-order valence-electron chi connectivity index (χ2n) is 8.72. The van der Waals surface area contributed by atoms with Gasteiger partial charge in [-0.2, -0.15) is 4.68 Å². The molecular weight excluding hydrogens is 466 g/mol. The molecule has 0 aliphatic carbocycles. The van der Waals surface area contributed by atoms with Crippen LogP contribution < -0.4 is 10.1 Å². The van der Waals surface area contributed by atoms with Gasteiger partial charge in [0.05, 0.1) is 5.57 Å². The molecule has 8 nitrogen and oxygen atoms in total. The van der Waals surface area contributed by atoms with Gasteiger partial charge in [-0.1, -0.05) is 77.9 Å². The van der Waals surface area contributed by atoms with E-state index in [2.05, 4.69) is 20.8 Å². The summed E-state index contributed by atoms with van der Waals surface area (Å²) >= 11 is 0. The Labute approximate surface area is 213 Å². The van der Waals surface area contributed by atoms with Crippen molar-refractivity contribution in [3.8, 4) is 11.5 Å². The molecule has 0 saturated carbocycles. The van der Waals surface area contributed by atoms with E-state index in [0.717, 1.165) is 27.6 Å². The summed E-state index contributed by atoms with van der Waals surface area (Å²) in [5.74, 6) is 1.50. The van der Waals surface area contributed by atoms with Gasteiger partial charge in [0, 0.05) is 5.70 Å². The Balaban J connectivity index is 1.25. The molecule has 0 bridgehead atoms. The van der Waals surface area contributed by atoms with Gasteiger partial charge in [0.15, 0.2) is 0 Å². The van der Waals surface area contributed by atoms with Crippen LogP contribution in [0.3, 0.4) is 0 Å². The molecular formula is C29H23N5O3. The zero-order chi connectivity index (χ0) is 25.2. The molecule has 0 saturated heterocycles. The van der Waals surface area contributed by atoms with Crippen molar-refractivity contribution in [2.45, 2.75) is 19.6 Å². The van der Waals surface area contributed by atoms with E-state index >= 15 is 0 Å². The molecule has 4 aromatic carbocycles. The Hall–Kier alpha value is -4.98. The number of carbonyl (C=O) groups excluding carboxylic acids is 1. The molecule has 0 amide bonds. The van der Waals surface area contributed by atoms with E-state index in [1.54, 1.807) is 4.68 Å². The van der Waals surface area contributed by atoms with Crippen LogP contribution in [0.4, 0.5) is 5.95 Å². The highest BCUT2D eigenvalue weighted by molar-refractivity contribution is 5.95. The largest absolute Gasteiger partial charge is 0.457 e. The van der Waals surface area contributed by atoms with Crippen LogP contribution in [-0.2, 0) is 16.1 Å². The minimum absolute atomic E-state index is 0.117. The lowest BCUT2D eigenvalue weighted by Gasteiger charge is -2.28. The number of ether oxygens (including phenoxy) is 2. The van der Waals surface area contributed by atoms with Gasteiger partial charge >= 0.3 is 5.97 Å². The molecule has 0 spiro atoms. The predicted molar refractivity (Wildman–Crippen MR) is 139 cm³/mol. The van der Waals surface area contributed by atoms with Crippen LogP contribution in [0.1, 0.15) is 24.1 Å². The van der Waals surface area contributed by atoms with Gasteiger partial charge in [-0.25, -0.2) is 4.79 Å². The number of nitrogens with zero attached hydrogens (tertiary/aromatic N) is 4. The molecule has 1 N–H and O–H groups in total. The zero-order valence-corrected chi connectivity index (χ0v) is 20.0. The maximum Gasteiger partial charge on any atom is 0.338 e. The Bertz CT molecular complexity index is 1600. The lowest BCUT2D eigenvalue weighted by molar-refractivity contribution is -0.140. The highest BCUT2D eigenvalue weighted by atomic mass is 16.5. The third-order valence-electron chi connectivity index (χ3n) is 6.32. The molecule has 5 aromatic rings. The maximum atomic E-state index is 13.5. The van der Waals surface area contributed by atoms with Gasteiger partial charge in [-0.05, 0) is 63.5 Å². The Morgan fingerprint density at radius 2 is 1.62 bits per heavy atom. The number of aromatic nitrogens is 4. The van der Waals surface area contributed by atoms with Crippen molar-refractivity contribution in [3.05, 3.63) is 119 Å². The summed E-state index contributed by atoms with van der Waals surface area (Å²) in [6, 6.07) is 30.6. The number of tetrazole rings is 1. The fourth-order valence-corrected chi connectivity index (χ4v) is 4.56. The van der Waals surface area contributed by atoms with E-state index in [-0.39, 0.29) is 6.61 Å². The van der Waals surface area contributed by atoms with Crippen molar-refractivity contribution >= 4 is 22.7 Å². The third kappa shape index (κ3) is 4.40. The minimum atomic E-state index is -0.536. The summed E-state index contributed by atoms with van der Waals surface area (Å²) in [4.78, 5) is 13.5. The molecule has 8 heteroatoms. The first kappa shape index (κ1) is 22.5. The van der Waals surface area contributed by atoms with Crippen LogP contribution >= 0.6 is 0 Å². The molecule has 37 heavy (non-hydrogen) atoms. The summed E-state index contributed by atoms with van der Waals surface area (Å²) in [5, 5.41) is 17.3. The second kappa shape index (κ2) is 9.58. The van der Waals surface area contributed by atoms with Crippen LogP contribution in [0.25, 0.3) is 10.8 Å². The smallest absolute Gasteiger partial charge is 0.338 e. The number of para-hydroxylation sites is 1. The summed E-state index contributed by atoms with van der Waals surface area (Å²) in [5.41, 5.74) is 2.87. The number of hydrogen-bond donors (Lipinski definition) is 1. The molecule has 6 rings (SSSR count). The van der Waals surface area contributed by atoms with Crippen LogP contribution in [0.2, 0.25) is 0 Å². The molecule has 1 aliphatic heterocycles. The number of fused-ring (bicyclic) bond motifs is 2. The molecule has 1 atom stereocenters. The first-order valence-electron chi connectivity index (χ1n) is 11.9. The Kier molecular flexibility index (Phi) is 5.82. The normalized spacial score (nSPS) is 14.7. The van der Waals surface area contributed by atoms with Gasteiger partial charge in [0.2, 0.25) is 5.95 Å². The number of esters is 1. The van der Waals surface area contributed by atoms with Gasteiger partial charge in [0.1, 0.15) is 24.1 Å². The van der Waals surface area contributed by atoms with E-state index in [9.17, 15) is 4.79 Å². The minimum Gasteiger partial charge on any atom is -0.457 e. The molecule has 2 heterocycles. The Morgan fingerprint density at radius 1 is 0.892 bits per heavy atom. The van der Waals surface area contributed by atoms with Gasteiger partial charge < -0.3 is 14.8 Å². The molecule has 1 unspecified atom stereocenters. The third-order valence-corrected chi connectivity index (χ3v) is 6.32. The average Bonchev–Trinajstić information content (AvgIpc) is 3.40. The molecule has 1 aliphatic rings. The van der Waals surface area contributed by atoms with Gasteiger partial charge in [0.25, 0.3) is 0 Å². The SMILES string of the molecule is CC1=C(C(=O)OCc2ccc(Oc3ccccc3)cc2)C(c2cccc3ccccc23)n2nnnc2N1. The van der Waals surface area contributed by atoms with E-state index in [4.69, 9.17) is 9.47 Å². The topological polar surface area (TPSA) is 91.2 Å². The fourth-order valence-electron chi connectivity index (χ4n) is 4.56. The van der Waals surface area contributed by atoms with Crippen molar-refractivity contribution in [3.63, 3.8) is 0 Å². The van der Waals surface area contributed by atoms with E-state index in [1.807, 2.05) is 104 Å². The van der Waals surface area contributed by atoms with Crippen LogP contribution in [0.5, 0.6) is 11.5 Å². The number of allylic oxidation sites excluding steroid dienone is 1. The zero-order valence-electron chi connectivity index (χ0n) is 20.0. The lowest BCUT2D eigenvalue weighted by Crippen LogP contribution is -2.29. The van der Waals surface area contributed by atoms with Crippen molar-refractivity contribution < 1.29 is 14.3 Å². The quantitative estimate of drug-likeness (QED) is 0.308. The highest BCUT2D eigenvalue weighted by Gasteiger charge is 2.35.